The van der Waals surface area contributed by atoms with Crippen LogP contribution in [0.2, 0.25) is 0 Å². The Bertz CT molecular complexity index is 422. The van der Waals surface area contributed by atoms with Crippen LogP contribution >= 0.6 is 0 Å². The SMILES string of the molecule is CNCc1ccc(N(CC2CC2)CC2CC2)nc1C. The second-order valence-electron chi connectivity index (χ2n) is 6.24. The van der Waals surface area contributed by atoms with Gasteiger partial charge in [0.25, 0.3) is 0 Å². The number of rotatable bonds is 7. The molecule has 2 aliphatic rings. The molecule has 3 heteroatoms. The van der Waals surface area contributed by atoms with Crippen LogP contribution in [0.5, 0.6) is 0 Å². The Balaban J connectivity index is 1.73. The number of aromatic nitrogens is 1. The third-order valence-electron chi connectivity index (χ3n) is 4.22. The van der Waals surface area contributed by atoms with E-state index in [9.17, 15) is 0 Å². The molecule has 1 aromatic heterocycles. The number of nitrogens with one attached hydrogen (secondary N) is 1. The van der Waals surface area contributed by atoms with Gasteiger partial charge in [0, 0.05) is 25.3 Å². The van der Waals surface area contributed by atoms with Gasteiger partial charge in [-0.1, -0.05) is 6.07 Å². The fourth-order valence-corrected chi connectivity index (χ4v) is 2.62. The molecular weight excluding hydrogens is 234 g/mol. The topological polar surface area (TPSA) is 28.2 Å². The summed E-state index contributed by atoms with van der Waals surface area (Å²) >= 11 is 0. The molecule has 0 aromatic carbocycles. The minimum Gasteiger partial charge on any atom is -0.356 e. The van der Waals surface area contributed by atoms with Crippen LogP contribution in [0.1, 0.15) is 36.9 Å². The highest BCUT2D eigenvalue weighted by Gasteiger charge is 2.29. The lowest BCUT2D eigenvalue weighted by atomic mass is 10.2. The van der Waals surface area contributed by atoms with Crippen molar-refractivity contribution in [2.75, 3.05) is 25.0 Å². The maximum atomic E-state index is 4.84. The number of hydrogen-bond donors (Lipinski definition) is 1. The predicted molar refractivity (Wildman–Crippen MR) is 79.4 cm³/mol. The molecular formula is C16H25N3. The smallest absolute Gasteiger partial charge is 0.128 e. The Kier molecular flexibility index (Phi) is 3.74. The third-order valence-corrected chi connectivity index (χ3v) is 4.22. The number of aryl methyl sites for hydroxylation is 1. The quantitative estimate of drug-likeness (QED) is 0.816. The van der Waals surface area contributed by atoms with Gasteiger partial charge in [0.2, 0.25) is 0 Å². The van der Waals surface area contributed by atoms with Gasteiger partial charge < -0.3 is 10.2 Å². The molecule has 0 aliphatic heterocycles. The lowest BCUT2D eigenvalue weighted by Gasteiger charge is -2.24. The summed E-state index contributed by atoms with van der Waals surface area (Å²) in [6, 6.07) is 4.45. The molecule has 1 heterocycles. The zero-order valence-electron chi connectivity index (χ0n) is 12.2. The predicted octanol–water partition coefficient (Wildman–Crippen LogP) is 2.74. The second-order valence-corrected chi connectivity index (χ2v) is 6.24. The maximum Gasteiger partial charge on any atom is 0.128 e. The minimum atomic E-state index is 0.907. The molecule has 2 fully saturated rings. The monoisotopic (exact) mass is 259 g/mol. The molecule has 3 rings (SSSR count). The molecule has 0 amide bonds. The summed E-state index contributed by atoms with van der Waals surface area (Å²) in [7, 11) is 1.99. The van der Waals surface area contributed by atoms with Crippen molar-refractivity contribution in [2.45, 2.75) is 39.2 Å². The zero-order valence-corrected chi connectivity index (χ0v) is 12.2. The summed E-state index contributed by atoms with van der Waals surface area (Å²) < 4.78 is 0. The molecule has 1 aromatic rings. The minimum absolute atomic E-state index is 0.907. The number of pyridine rings is 1. The van der Waals surface area contributed by atoms with Crippen molar-refractivity contribution >= 4 is 5.82 Å². The van der Waals surface area contributed by atoms with Gasteiger partial charge in [0.15, 0.2) is 0 Å². The molecule has 0 bridgehead atoms. The largest absolute Gasteiger partial charge is 0.356 e. The van der Waals surface area contributed by atoms with E-state index < -0.39 is 0 Å². The molecule has 0 unspecified atom stereocenters. The molecule has 3 nitrogen and oxygen atoms in total. The molecule has 2 saturated carbocycles. The Morgan fingerprint density at radius 3 is 2.26 bits per heavy atom. The van der Waals surface area contributed by atoms with Gasteiger partial charge in [-0.2, -0.15) is 0 Å². The number of nitrogens with zero attached hydrogens (tertiary/aromatic N) is 2. The summed E-state index contributed by atoms with van der Waals surface area (Å²) in [6.07, 6.45) is 5.66. The van der Waals surface area contributed by atoms with E-state index in [2.05, 4.69) is 29.3 Å². The van der Waals surface area contributed by atoms with Crippen LogP contribution in [-0.2, 0) is 6.54 Å². The highest BCUT2D eigenvalue weighted by molar-refractivity contribution is 5.42. The zero-order chi connectivity index (χ0) is 13.2. The molecule has 2 aliphatic carbocycles. The molecule has 0 spiro atoms. The van der Waals surface area contributed by atoms with E-state index in [0.717, 1.165) is 18.4 Å². The standard InChI is InChI=1S/C16H25N3/c1-12-15(9-17-2)7-8-16(18-12)19(10-13-3-4-13)11-14-5-6-14/h7-8,13-14,17H,3-6,9-11H2,1-2H3. The van der Waals surface area contributed by atoms with Crippen LogP contribution in [0.3, 0.4) is 0 Å². The van der Waals surface area contributed by atoms with Crippen molar-refractivity contribution in [3.63, 3.8) is 0 Å². The third kappa shape index (κ3) is 3.47. The van der Waals surface area contributed by atoms with Crippen LogP contribution in [0.25, 0.3) is 0 Å². The van der Waals surface area contributed by atoms with E-state index in [-0.39, 0.29) is 0 Å². The maximum absolute atomic E-state index is 4.84. The van der Waals surface area contributed by atoms with Crippen molar-refractivity contribution in [3.8, 4) is 0 Å². The molecule has 0 saturated heterocycles. The fourth-order valence-electron chi connectivity index (χ4n) is 2.62. The van der Waals surface area contributed by atoms with Crippen molar-refractivity contribution in [2.24, 2.45) is 11.8 Å². The normalized spacial score (nSPS) is 18.6. The molecule has 19 heavy (non-hydrogen) atoms. The van der Waals surface area contributed by atoms with Crippen LogP contribution in [0.4, 0.5) is 5.82 Å². The molecule has 0 atom stereocenters. The van der Waals surface area contributed by atoms with Gasteiger partial charge in [0.1, 0.15) is 5.82 Å². The van der Waals surface area contributed by atoms with E-state index in [4.69, 9.17) is 4.98 Å². The Morgan fingerprint density at radius 2 is 1.79 bits per heavy atom. The van der Waals surface area contributed by atoms with Gasteiger partial charge in [0.05, 0.1) is 0 Å². The summed E-state index contributed by atoms with van der Waals surface area (Å²) in [5.41, 5.74) is 2.48. The van der Waals surface area contributed by atoms with Crippen molar-refractivity contribution in [1.29, 1.82) is 0 Å². The highest BCUT2D eigenvalue weighted by atomic mass is 15.2. The lowest BCUT2D eigenvalue weighted by Crippen LogP contribution is -2.29. The van der Waals surface area contributed by atoms with Crippen molar-refractivity contribution in [1.82, 2.24) is 10.3 Å². The molecule has 104 valence electrons. The fraction of sp³-hybridized carbons (Fsp3) is 0.688. The molecule has 1 N–H and O–H groups in total. The first-order valence-electron chi connectivity index (χ1n) is 7.62. The van der Waals surface area contributed by atoms with Crippen LogP contribution < -0.4 is 10.2 Å². The van der Waals surface area contributed by atoms with Crippen LogP contribution in [0.15, 0.2) is 12.1 Å². The van der Waals surface area contributed by atoms with E-state index in [0.29, 0.717) is 0 Å². The molecule has 0 radical (unpaired) electrons. The van der Waals surface area contributed by atoms with Gasteiger partial charge in [-0.25, -0.2) is 4.98 Å². The Labute approximate surface area is 116 Å². The van der Waals surface area contributed by atoms with Gasteiger partial charge >= 0.3 is 0 Å². The first kappa shape index (κ1) is 12.9. The van der Waals surface area contributed by atoms with Gasteiger partial charge in [-0.3, -0.25) is 0 Å². The number of hydrogen-bond acceptors (Lipinski definition) is 3. The summed E-state index contributed by atoms with van der Waals surface area (Å²) in [6.45, 7) is 5.47. The summed E-state index contributed by atoms with van der Waals surface area (Å²) in [5, 5.41) is 3.20. The van der Waals surface area contributed by atoms with E-state index >= 15 is 0 Å². The van der Waals surface area contributed by atoms with Crippen LogP contribution in [0, 0.1) is 18.8 Å². The van der Waals surface area contributed by atoms with E-state index in [1.54, 1.807) is 0 Å². The number of anilines is 1. The van der Waals surface area contributed by atoms with E-state index in [1.165, 1.54) is 55.8 Å². The first-order chi connectivity index (χ1) is 9.26. The Hall–Kier alpha value is -1.09. The van der Waals surface area contributed by atoms with Gasteiger partial charge in [-0.15, -0.1) is 0 Å². The average Bonchev–Trinajstić information content (AvgIpc) is 3.26. The Morgan fingerprint density at radius 1 is 1.16 bits per heavy atom. The highest BCUT2D eigenvalue weighted by Crippen LogP contribution is 2.35. The van der Waals surface area contributed by atoms with Crippen molar-refractivity contribution in [3.05, 3.63) is 23.4 Å². The average molecular weight is 259 g/mol. The van der Waals surface area contributed by atoms with Gasteiger partial charge in [-0.05, 0) is 63.1 Å². The van der Waals surface area contributed by atoms with Crippen molar-refractivity contribution < 1.29 is 0 Å². The second kappa shape index (κ2) is 5.49. The van der Waals surface area contributed by atoms with E-state index in [1.807, 2.05) is 7.05 Å². The van der Waals surface area contributed by atoms with Crippen LogP contribution in [-0.4, -0.2) is 25.1 Å². The lowest BCUT2D eigenvalue weighted by molar-refractivity contribution is 0.669. The summed E-state index contributed by atoms with van der Waals surface area (Å²) in [4.78, 5) is 7.37. The first-order valence-corrected chi connectivity index (χ1v) is 7.62. The summed E-state index contributed by atoms with van der Waals surface area (Å²) in [5.74, 6) is 3.05.